The third-order valence-electron chi connectivity index (χ3n) is 4.25. The molecule has 1 aromatic carbocycles. The molecule has 3 rings (SSSR count). The maximum Gasteiger partial charge on any atom is 0.109 e. The molecule has 20 heavy (non-hydrogen) atoms. The van der Waals surface area contributed by atoms with Gasteiger partial charge in [0.2, 0.25) is 0 Å². The number of nitrogens with zero attached hydrogens (tertiary/aromatic N) is 2. The summed E-state index contributed by atoms with van der Waals surface area (Å²) in [7, 11) is 0. The van der Waals surface area contributed by atoms with Crippen LogP contribution in [0.5, 0.6) is 0 Å². The van der Waals surface area contributed by atoms with Gasteiger partial charge in [0.15, 0.2) is 0 Å². The Labute approximate surface area is 120 Å². The number of aliphatic hydroxyl groups excluding tert-OH is 1. The largest absolute Gasteiger partial charge is 0.393 e. The van der Waals surface area contributed by atoms with E-state index < -0.39 is 0 Å². The number of para-hydroxylation sites is 2. The number of hydrogen-bond acceptors (Lipinski definition) is 2. The second-order valence-corrected chi connectivity index (χ2v) is 5.97. The summed E-state index contributed by atoms with van der Waals surface area (Å²) in [5, 5.41) is 9.95. The van der Waals surface area contributed by atoms with E-state index in [1.165, 1.54) is 24.2 Å². The summed E-state index contributed by atoms with van der Waals surface area (Å²) < 4.78 is 2.35. The van der Waals surface area contributed by atoms with Crippen LogP contribution in [0, 0.1) is 5.92 Å². The lowest BCUT2D eigenvalue weighted by Gasteiger charge is -2.10. The fourth-order valence-electron chi connectivity index (χ4n) is 2.98. The van der Waals surface area contributed by atoms with E-state index in [-0.39, 0.29) is 6.10 Å². The summed E-state index contributed by atoms with van der Waals surface area (Å²) in [6.07, 6.45) is 6.39. The van der Waals surface area contributed by atoms with E-state index >= 15 is 0 Å². The Bertz CT molecular complexity index is 571. The number of hydrogen-bond donors (Lipinski definition) is 1. The van der Waals surface area contributed by atoms with Crippen molar-refractivity contribution in [3.05, 3.63) is 30.1 Å². The highest BCUT2D eigenvalue weighted by Crippen LogP contribution is 2.34. The molecule has 0 aliphatic heterocycles. The first-order valence-electron chi connectivity index (χ1n) is 7.91. The van der Waals surface area contributed by atoms with Crippen LogP contribution < -0.4 is 0 Å². The summed E-state index contributed by atoms with van der Waals surface area (Å²) in [5.41, 5.74) is 2.34. The summed E-state index contributed by atoms with van der Waals surface area (Å²) in [4.78, 5) is 4.77. The highest BCUT2D eigenvalue weighted by molar-refractivity contribution is 5.75. The molecule has 1 aromatic heterocycles. The molecule has 3 heteroatoms. The van der Waals surface area contributed by atoms with E-state index in [1.54, 1.807) is 0 Å². The first-order chi connectivity index (χ1) is 9.79. The van der Waals surface area contributed by atoms with Gasteiger partial charge in [-0.25, -0.2) is 4.98 Å². The van der Waals surface area contributed by atoms with Crippen molar-refractivity contribution in [3.63, 3.8) is 0 Å². The molecule has 1 aliphatic rings. The van der Waals surface area contributed by atoms with E-state index in [0.29, 0.717) is 5.92 Å². The van der Waals surface area contributed by atoms with E-state index in [0.717, 1.165) is 37.7 Å². The Morgan fingerprint density at radius 2 is 2.15 bits per heavy atom. The van der Waals surface area contributed by atoms with Crippen molar-refractivity contribution in [3.8, 4) is 0 Å². The molecule has 1 heterocycles. The molecule has 0 bridgehead atoms. The van der Waals surface area contributed by atoms with Crippen molar-refractivity contribution in [2.75, 3.05) is 0 Å². The molecule has 2 aromatic rings. The van der Waals surface area contributed by atoms with Gasteiger partial charge in [0, 0.05) is 13.0 Å². The van der Waals surface area contributed by atoms with Crippen LogP contribution in [0.15, 0.2) is 24.3 Å². The Hall–Kier alpha value is -1.35. The van der Waals surface area contributed by atoms with Crippen molar-refractivity contribution in [2.24, 2.45) is 5.92 Å². The normalized spacial score (nSPS) is 16.7. The lowest BCUT2D eigenvalue weighted by atomic mass is 10.1. The van der Waals surface area contributed by atoms with Gasteiger partial charge in [-0.1, -0.05) is 19.1 Å². The van der Waals surface area contributed by atoms with E-state index in [1.807, 2.05) is 6.07 Å². The summed E-state index contributed by atoms with van der Waals surface area (Å²) >= 11 is 0. The van der Waals surface area contributed by atoms with Crippen LogP contribution in [0.2, 0.25) is 0 Å². The van der Waals surface area contributed by atoms with Gasteiger partial charge in [0.25, 0.3) is 0 Å². The maximum atomic E-state index is 9.95. The Morgan fingerprint density at radius 3 is 2.90 bits per heavy atom. The molecule has 1 saturated carbocycles. The second kappa shape index (κ2) is 5.96. The Morgan fingerprint density at radius 1 is 1.35 bits per heavy atom. The van der Waals surface area contributed by atoms with Crippen molar-refractivity contribution in [1.82, 2.24) is 9.55 Å². The van der Waals surface area contributed by atoms with Gasteiger partial charge < -0.3 is 9.67 Å². The molecular weight excluding hydrogens is 248 g/mol. The molecule has 1 N–H and O–H groups in total. The van der Waals surface area contributed by atoms with Crippen LogP contribution in [-0.4, -0.2) is 20.8 Å². The molecule has 1 aliphatic carbocycles. The van der Waals surface area contributed by atoms with Crippen molar-refractivity contribution in [2.45, 2.75) is 58.1 Å². The molecule has 0 radical (unpaired) electrons. The standard InChI is InChI=1S/C17H24N2O/c1-2-12-19-15-7-4-3-6-14(15)18-17(19)9-5-8-16(20)13-10-11-13/h3-4,6-7,13,16,20H,2,5,8-12H2,1H3. The molecule has 0 saturated heterocycles. The predicted octanol–water partition coefficient (Wildman–Crippen LogP) is 3.54. The Balaban J connectivity index is 1.70. The van der Waals surface area contributed by atoms with E-state index in [9.17, 15) is 5.11 Å². The van der Waals surface area contributed by atoms with Crippen LogP contribution in [0.3, 0.4) is 0 Å². The van der Waals surface area contributed by atoms with Gasteiger partial charge in [-0.15, -0.1) is 0 Å². The quantitative estimate of drug-likeness (QED) is 0.837. The van der Waals surface area contributed by atoms with Gasteiger partial charge >= 0.3 is 0 Å². The topological polar surface area (TPSA) is 38.0 Å². The number of imidazole rings is 1. The molecule has 3 nitrogen and oxygen atoms in total. The van der Waals surface area contributed by atoms with Gasteiger partial charge in [-0.2, -0.15) is 0 Å². The minimum absolute atomic E-state index is 0.0843. The van der Waals surface area contributed by atoms with Crippen LogP contribution in [0.4, 0.5) is 0 Å². The lowest BCUT2D eigenvalue weighted by molar-refractivity contribution is 0.139. The molecule has 108 valence electrons. The molecular formula is C17H24N2O. The van der Waals surface area contributed by atoms with Crippen molar-refractivity contribution >= 4 is 11.0 Å². The zero-order chi connectivity index (χ0) is 13.9. The number of aryl methyl sites for hydroxylation is 2. The predicted molar refractivity (Wildman–Crippen MR) is 81.7 cm³/mol. The highest BCUT2D eigenvalue weighted by atomic mass is 16.3. The fourth-order valence-corrected chi connectivity index (χ4v) is 2.98. The molecule has 0 amide bonds. The smallest absolute Gasteiger partial charge is 0.109 e. The number of aromatic nitrogens is 2. The van der Waals surface area contributed by atoms with Crippen LogP contribution in [0.1, 0.15) is 44.9 Å². The minimum Gasteiger partial charge on any atom is -0.393 e. The second-order valence-electron chi connectivity index (χ2n) is 5.97. The average molecular weight is 272 g/mol. The third kappa shape index (κ3) is 2.88. The SMILES string of the molecule is CCCn1c(CCCC(O)C2CC2)nc2ccccc21. The van der Waals surface area contributed by atoms with Crippen molar-refractivity contribution < 1.29 is 5.11 Å². The lowest BCUT2D eigenvalue weighted by Crippen LogP contribution is -2.10. The van der Waals surface area contributed by atoms with Gasteiger partial charge in [-0.3, -0.25) is 0 Å². The zero-order valence-corrected chi connectivity index (χ0v) is 12.3. The van der Waals surface area contributed by atoms with Gasteiger partial charge in [-0.05, 0) is 50.2 Å². The van der Waals surface area contributed by atoms with E-state index in [2.05, 4.69) is 29.7 Å². The van der Waals surface area contributed by atoms with Crippen LogP contribution in [-0.2, 0) is 13.0 Å². The first-order valence-corrected chi connectivity index (χ1v) is 7.91. The molecule has 1 fully saturated rings. The van der Waals surface area contributed by atoms with Crippen LogP contribution in [0.25, 0.3) is 11.0 Å². The van der Waals surface area contributed by atoms with Crippen molar-refractivity contribution in [1.29, 1.82) is 0 Å². The first kappa shape index (κ1) is 13.6. The minimum atomic E-state index is -0.0843. The summed E-state index contributed by atoms with van der Waals surface area (Å²) in [5.74, 6) is 1.76. The van der Waals surface area contributed by atoms with Crippen LogP contribution >= 0.6 is 0 Å². The average Bonchev–Trinajstić information content (AvgIpc) is 3.25. The number of benzene rings is 1. The maximum absolute atomic E-state index is 9.95. The van der Waals surface area contributed by atoms with E-state index in [4.69, 9.17) is 4.98 Å². The fraction of sp³-hybridized carbons (Fsp3) is 0.588. The molecule has 0 spiro atoms. The summed E-state index contributed by atoms with van der Waals surface area (Å²) in [6, 6.07) is 8.37. The molecule has 1 atom stereocenters. The summed E-state index contributed by atoms with van der Waals surface area (Å²) in [6.45, 7) is 3.23. The van der Waals surface area contributed by atoms with Gasteiger partial charge in [0.05, 0.1) is 17.1 Å². The third-order valence-corrected chi connectivity index (χ3v) is 4.25. The molecule has 1 unspecified atom stereocenters. The zero-order valence-electron chi connectivity index (χ0n) is 12.3. The highest BCUT2D eigenvalue weighted by Gasteiger charge is 2.29. The number of aliphatic hydroxyl groups is 1. The Kier molecular flexibility index (Phi) is 4.06. The number of fused-ring (bicyclic) bond motifs is 1. The monoisotopic (exact) mass is 272 g/mol. The van der Waals surface area contributed by atoms with Gasteiger partial charge in [0.1, 0.15) is 5.82 Å². The number of rotatable bonds is 7.